The Balaban J connectivity index is 2.43. The lowest BCUT2D eigenvalue weighted by Crippen LogP contribution is -2.13. The summed E-state index contributed by atoms with van der Waals surface area (Å²) < 4.78 is 6.87. The molecule has 0 spiro atoms. The van der Waals surface area contributed by atoms with Crippen LogP contribution in [0.3, 0.4) is 0 Å². The molecular formula is C14H17N3O2. The smallest absolute Gasteiger partial charge is 0.233 e. The number of hydrogen-bond acceptors (Lipinski definition) is 4. The molecule has 2 aromatic rings. The number of nitrogens with zero attached hydrogens (tertiary/aromatic N) is 3. The van der Waals surface area contributed by atoms with Gasteiger partial charge in [0.2, 0.25) is 5.78 Å². The van der Waals surface area contributed by atoms with Gasteiger partial charge in [0, 0.05) is 6.54 Å². The second-order valence-corrected chi connectivity index (χ2v) is 4.34. The molecule has 1 aromatic heterocycles. The quantitative estimate of drug-likeness (QED) is 0.773. The van der Waals surface area contributed by atoms with E-state index >= 15 is 0 Å². The summed E-state index contributed by atoms with van der Waals surface area (Å²) in [4.78, 5) is 16.6. The Morgan fingerprint density at radius 2 is 2.21 bits per heavy atom. The minimum absolute atomic E-state index is 0.161. The molecule has 0 bridgehead atoms. The third kappa shape index (κ3) is 2.65. The molecule has 0 fully saturated rings. The number of benzene rings is 1. The molecule has 0 aliphatic rings. The van der Waals surface area contributed by atoms with Crippen LogP contribution < -0.4 is 4.74 Å². The fraction of sp³-hybridized carbons (Fsp3) is 0.357. The molecule has 0 amide bonds. The molecule has 19 heavy (non-hydrogen) atoms. The summed E-state index contributed by atoms with van der Waals surface area (Å²) in [6.07, 6.45) is 2.31. The van der Waals surface area contributed by atoms with E-state index in [2.05, 4.69) is 10.1 Å². The van der Waals surface area contributed by atoms with Crippen LogP contribution in [-0.2, 0) is 6.54 Å². The van der Waals surface area contributed by atoms with Crippen molar-refractivity contribution in [3.8, 4) is 5.75 Å². The number of methoxy groups -OCH3 is 1. The Morgan fingerprint density at radius 1 is 1.42 bits per heavy atom. The first kappa shape index (κ1) is 13.3. The van der Waals surface area contributed by atoms with Gasteiger partial charge in [-0.05, 0) is 25.5 Å². The summed E-state index contributed by atoms with van der Waals surface area (Å²) >= 11 is 0. The van der Waals surface area contributed by atoms with E-state index in [0.29, 0.717) is 23.7 Å². The Morgan fingerprint density at radius 3 is 2.89 bits per heavy atom. The summed E-state index contributed by atoms with van der Waals surface area (Å²) in [7, 11) is 1.55. The Hall–Kier alpha value is -2.17. The molecular weight excluding hydrogens is 242 g/mol. The van der Waals surface area contributed by atoms with Crippen LogP contribution in [0.5, 0.6) is 5.75 Å². The van der Waals surface area contributed by atoms with Crippen LogP contribution in [0.1, 0.15) is 35.1 Å². The maximum absolute atomic E-state index is 12.5. The summed E-state index contributed by atoms with van der Waals surface area (Å²) in [5, 5.41) is 4.07. The lowest BCUT2D eigenvalue weighted by Gasteiger charge is -2.09. The van der Waals surface area contributed by atoms with E-state index < -0.39 is 0 Å². The van der Waals surface area contributed by atoms with Crippen molar-refractivity contribution in [1.29, 1.82) is 0 Å². The maximum Gasteiger partial charge on any atom is 0.233 e. The molecule has 0 N–H and O–H groups in total. The molecule has 5 heteroatoms. The van der Waals surface area contributed by atoms with Crippen LogP contribution in [0, 0.1) is 6.92 Å². The van der Waals surface area contributed by atoms with Crippen molar-refractivity contribution < 1.29 is 9.53 Å². The Kier molecular flexibility index (Phi) is 3.94. The third-order valence-corrected chi connectivity index (χ3v) is 2.85. The molecule has 0 atom stereocenters. The lowest BCUT2D eigenvalue weighted by molar-refractivity contribution is 0.102. The molecule has 100 valence electrons. The zero-order chi connectivity index (χ0) is 13.8. The van der Waals surface area contributed by atoms with Gasteiger partial charge in [-0.2, -0.15) is 5.10 Å². The van der Waals surface area contributed by atoms with Gasteiger partial charge in [-0.25, -0.2) is 9.67 Å². The first-order chi connectivity index (χ1) is 9.17. The van der Waals surface area contributed by atoms with Gasteiger partial charge in [0.15, 0.2) is 5.82 Å². The summed E-state index contributed by atoms with van der Waals surface area (Å²) in [6, 6.07) is 5.52. The number of aryl methyl sites for hydroxylation is 2. The largest absolute Gasteiger partial charge is 0.496 e. The molecule has 0 saturated carbocycles. The number of carbonyl (C=O) groups is 1. The van der Waals surface area contributed by atoms with Gasteiger partial charge in [0.1, 0.15) is 12.1 Å². The molecule has 1 heterocycles. The van der Waals surface area contributed by atoms with Crippen LogP contribution in [-0.4, -0.2) is 27.7 Å². The molecule has 1 aromatic carbocycles. The number of aromatic nitrogens is 3. The van der Waals surface area contributed by atoms with Gasteiger partial charge in [-0.15, -0.1) is 0 Å². The van der Waals surface area contributed by atoms with E-state index in [-0.39, 0.29) is 5.78 Å². The minimum Gasteiger partial charge on any atom is -0.496 e. The zero-order valence-electron chi connectivity index (χ0n) is 11.4. The van der Waals surface area contributed by atoms with E-state index in [9.17, 15) is 4.79 Å². The first-order valence-corrected chi connectivity index (χ1v) is 6.24. The van der Waals surface area contributed by atoms with E-state index in [4.69, 9.17) is 4.74 Å². The van der Waals surface area contributed by atoms with Gasteiger partial charge in [0.25, 0.3) is 0 Å². The Labute approximate surface area is 112 Å². The van der Waals surface area contributed by atoms with Gasteiger partial charge >= 0.3 is 0 Å². The summed E-state index contributed by atoms with van der Waals surface area (Å²) in [6.45, 7) is 4.64. The predicted molar refractivity (Wildman–Crippen MR) is 71.5 cm³/mol. The molecule has 0 aliphatic heterocycles. The first-order valence-electron chi connectivity index (χ1n) is 6.24. The van der Waals surface area contributed by atoms with Crippen LogP contribution in [0.2, 0.25) is 0 Å². The van der Waals surface area contributed by atoms with Crippen molar-refractivity contribution in [1.82, 2.24) is 14.8 Å². The third-order valence-electron chi connectivity index (χ3n) is 2.85. The highest BCUT2D eigenvalue weighted by Gasteiger charge is 2.19. The highest BCUT2D eigenvalue weighted by molar-refractivity contribution is 6.08. The molecule has 2 rings (SSSR count). The highest BCUT2D eigenvalue weighted by Crippen LogP contribution is 2.22. The van der Waals surface area contributed by atoms with Crippen LogP contribution in [0.15, 0.2) is 24.5 Å². The van der Waals surface area contributed by atoms with Gasteiger partial charge in [-0.3, -0.25) is 4.79 Å². The van der Waals surface area contributed by atoms with Crippen molar-refractivity contribution in [2.45, 2.75) is 26.8 Å². The van der Waals surface area contributed by atoms with E-state index in [1.165, 1.54) is 6.33 Å². The van der Waals surface area contributed by atoms with Crippen molar-refractivity contribution in [2.75, 3.05) is 7.11 Å². The van der Waals surface area contributed by atoms with Gasteiger partial charge in [-0.1, -0.05) is 18.6 Å². The maximum atomic E-state index is 12.5. The fourth-order valence-corrected chi connectivity index (χ4v) is 1.94. The average Bonchev–Trinajstić information content (AvgIpc) is 2.86. The standard InChI is InChI=1S/C14H17N3O2/c1-4-7-17-14(15-9-16-17)13(18)11-8-10(2)5-6-12(11)19-3/h5-6,8-9H,4,7H2,1-3H3. The fourth-order valence-electron chi connectivity index (χ4n) is 1.94. The second-order valence-electron chi connectivity index (χ2n) is 4.34. The molecule has 0 unspecified atom stereocenters. The number of rotatable bonds is 5. The zero-order valence-corrected chi connectivity index (χ0v) is 11.4. The van der Waals surface area contributed by atoms with Crippen molar-refractivity contribution >= 4 is 5.78 Å². The summed E-state index contributed by atoms with van der Waals surface area (Å²) in [5.74, 6) is 0.749. The number of carbonyl (C=O) groups excluding carboxylic acids is 1. The number of hydrogen-bond donors (Lipinski definition) is 0. The summed E-state index contributed by atoms with van der Waals surface area (Å²) in [5.41, 5.74) is 1.53. The molecule has 5 nitrogen and oxygen atoms in total. The van der Waals surface area contributed by atoms with Crippen molar-refractivity contribution in [3.63, 3.8) is 0 Å². The average molecular weight is 259 g/mol. The highest BCUT2D eigenvalue weighted by atomic mass is 16.5. The topological polar surface area (TPSA) is 57.0 Å². The SMILES string of the molecule is CCCn1ncnc1C(=O)c1cc(C)ccc1OC. The van der Waals surface area contributed by atoms with E-state index in [1.54, 1.807) is 17.9 Å². The molecule has 0 radical (unpaired) electrons. The van der Waals surface area contributed by atoms with Crippen LogP contribution in [0.4, 0.5) is 0 Å². The van der Waals surface area contributed by atoms with Gasteiger partial charge < -0.3 is 4.74 Å². The van der Waals surface area contributed by atoms with Crippen molar-refractivity contribution in [2.24, 2.45) is 0 Å². The Bertz CT molecular complexity index is 590. The predicted octanol–water partition coefficient (Wildman–Crippen LogP) is 2.24. The van der Waals surface area contributed by atoms with E-state index in [0.717, 1.165) is 12.0 Å². The minimum atomic E-state index is -0.161. The molecule has 0 aliphatic carbocycles. The van der Waals surface area contributed by atoms with Crippen LogP contribution >= 0.6 is 0 Å². The van der Waals surface area contributed by atoms with Crippen molar-refractivity contribution in [3.05, 3.63) is 41.5 Å². The van der Waals surface area contributed by atoms with E-state index in [1.807, 2.05) is 26.0 Å². The monoisotopic (exact) mass is 259 g/mol. The van der Waals surface area contributed by atoms with Gasteiger partial charge in [0.05, 0.1) is 12.7 Å². The molecule has 0 saturated heterocycles. The number of ether oxygens (including phenoxy) is 1. The number of ketones is 1. The second kappa shape index (κ2) is 5.65. The lowest BCUT2D eigenvalue weighted by atomic mass is 10.1. The normalized spacial score (nSPS) is 10.5. The van der Waals surface area contributed by atoms with Crippen LogP contribution in [0.25, 0.3) is 0 Å².